The van der Waals surface area contributed by atoms with Crippen molar-refractivity contribution >= 4 is 0 Å². The number of aromatic nitrogens is 3. The first-order chi connectivity index (χ1) is 12.9. The van der Waals surface area contributed by atoms with E-state index in [0.717, 1.165) is 18.2 Å². The van der Waals surface area contributed by atoms with Crippen LogP contribution in [0.1, 0.15) is 5.56 Å². The summed E-state index contributed by atoms with van der Waals surface area (Å²) in [6.07, 6.45) is 3.08. The molecule has 0 atom stereocenters. The maximum atomic E-state index is 13.9. The number of benzene rings is 2. The Morgan fingerprint density at radius 3 is 2.30 bits per heavy atom. The molecular weight excluding hydrogens is 365 g/mol. The summed E-state index contributed by atoms with van der Waals surface area (Å²) >= 11 is 0. The minimum atomic E-state index is -1.37. The van der Waals surface area contributed by atoms with Crippen LogP contribution in [0.2, 0.25) is 0 Å². The van der Waals surface area contributed by atoms with Crippen molar-refractivity contribution in [2.45, 2.75) is 6.54 Å². The van der Waals surface area contributed by atoms with Crippen molar-refractivity contribution < 1.29 is 22.0 Å². The van der Waals surface area contributed by atoms with Gasteiger partial charge >= 0.3 is 0 Å². The van der Waals surface area contributed by atoms with E-state index in [1.165, 1.54) is 18.3 Å². The third-order valence-corrected chi connectivity index (χ3v) is 4.06. The number of halogens is 5. The molecule has 0 saturated carbocycles. The third-order valence-electron chi connectivity index (χ3n) is 4.06. The topological polar surface area (TPSA) is 30.7 Å². The highest BCUT2D eigenvalue weighted by Gasteiger charge is 2.21. The SMILES string of the molecule is Fc1ccc(Cn2ccc3nc(-c4c(F)ccc(F)c4F)nc-3c2)c(F)c1. The van der Waals surface area contributed by atoms with E-state index in [-0.39, 0.29) is 23.6 Å². The zero-order chi connectivity index (χ0) is 19.1. The molecule has 4 rings (SSSR count). The molecule has 0 aromatic heterocycles. The van der Waals surface area contributed by atoms with Gasteiger partial charge < -0.3 is 4.57 Å². The molecule has 0 N–H and O–H groups in total. The first-order valence-corrected chi connectivity index (χ1v) is 7.83. The van der Waals surface area contributed by atoms with Gasteiger partial charge in [-0.2, -0.15) is 0 Å². The van der Waals surface area contributed by atoms with E-state index in [2.05, 4.69) is 9.97 Å². The lowest BCUT2D eigenvalue weighted by Crippen LogP contribution is -2.03. The van der Waals surface area contributed by atoms with Crippen molar-refractivity contribution in [1.29, 1.82) is 0 Å². The van der Waals surface area contributed by atoms with Crippen LogP contribution in [0.3, 0.4) is 0 Å². The zero-order valence-corrected chi connectivity index (χ0v) is 13.6. The highest BCUT2D eigenvalue weighted by atomic mass is 19.2. The lowest BCUT2D eigenvalue weighted by atomic mass is 10.2. The Labute approximate surface area is 150 Å². The van der Waals surface area contributed by atoms with E-state index < -0.39 is 34.6 Å². The zero-order valence-electron chi connectivity index (χ0n) is 13.6. The van der Waals surface area contributed by atoms with Crippen LogP contribution in [0.25, 0.3) is 22.8 Å². The Morgan fingerprint density at radius 1 is 0.778 bits per heavy atom. The predicted octanol–water partition coefficient (Wildman–Crippen LogP) is 4.79. The molecule has 2 heterocycles. The number of imidazole rings is 1. The maximum absolute atomic E-state index is 13.9. The quantitative estimate of drug-likeness (QED) is 0.381. The van der Waals surface area contributed by atoms with Gasteiger partial charge in [0.25, 0.3) is 0 Å². The van der Waals surface area contributed by atoms with Gasteiger partial charge in [-0.3, -0.25) is 0 Å². The molecule has 2 aromatic carbocycles. The summed E-state index contributed by atoms with van der Waals surface area (Å²) in [5.41, 5.74) is 0.229. The van der Waals surface area contributed by atoms with Crippen molar-refractivity contribution in [2.24, 2.45) is 0 Å². The number of pyridine rings is 1. The maximum Gasteiger partial charge on any atom is 0.172 e. The Hall–Kier alpha value is -3.29. The fourth-order valence-corrected chi connectivity index (χ4v) is 2.74. The van der Waals surface area contributed by atoms with Crippen molar-refractivity contribution in [3.05, 3.63) is 83.4 Å². The normalized spacial score (nSPS) is 11.3. The number of hydrogen-bond donors (Lipinski definition) is 0. The molecule has 3 nitrogen and oxygen atoms in total. The molecule has 136 valence electrons. The second kappa shape index (κ2) is 6.46. The largest absolute Gasteiger partial charge is 0.347 e. The second-order valence-corrected chi connectivity index (χ2v) is 5.89. The minimum absolute atomic E-state index is 0.0902. The van der Waals surface area contributed by atoms with E-state index in [1.54, 1.807) is 10.8 Å². The molecular formula is C19H10F5N3. The number of nitrogens with zero attached hydrogens (tertiary/aromatic N) is 3. The summed E-state index contributed by atoms with van der Waals surface area (Å²) in [5, 5.41) is 0. The van der Waals surface area contributed by atoms with Gasteiger partial charge in [-0.25, -0.2) is 31.9 Å². The number of hydrogen-bond acceptors (Lipinski definition) is 2. The highest BCUT2D eigenvalue weighted by molar-refractivity contribution is 5.66. The molecule has 27 heavy (non-hydrogen) atoms. The number of rotatable bonds is 3. The number of fused-ring (bicyclic) bond motifs is 1. The van der Waals surface area contributed by atoms with Crippen LogP contribution in [0, 0.1) is 29.1 Å². The summed E-state index contributed by atoms with van der Waals surface area (Å²) in [7, 11) is 0. The van der Waals surface area contributed by atoms with Gasteiger partial charge in [0.2, 0.25) is 0 Å². The smallest absolute Gasteiger partial charge is 0.172 e. The Balaban J connectivity index is 1.73. The van der Waals surface area contributed by atoms with Gasteiger partial charge in [0.1, 0.15) is 23.1 Å². The van der Waals surface area contributed by atoms with Crippen molar-refractivity contribution in [3.8, 4) is 22.8 Å². The summed E-state index contributed by atoms with van der Waals surface area (Å²) in [6, 6.07) is 6.26. The molecule has 0 amide bonds. The predicted molar refractivity (Wildman–Crippen MR) is 87.4 cm³/mol. The fourth-order valence-electron chi connectivity index (χ4n) is 2.74. The average Bonchev–Trinajstić information content (AvgIpc) is 3.04. The van der Waals surface area contributed by atoms with Crippen molar-refractivity contribution in [3.63, 3.8) is 0 Å². The Kier molecular flexibility index (Phi) is 4.10. The van der Waals surface area contributed by atoms with E-state index in [0.29, 0.717) is 11.8 Å². The highest BCUT2D eigenvalue weighted by Crippen LogP contribution is 2.29. The van der Waals surface area contributed by atoms with Gasteiger partial charge in [-0.05, 0) is 24.3 Å². The van der Waals surface area contributed by atoms with Crippen LogP contribution < -0.4 is 0 Å². The van der Waals surface area contributed by atoms with Crippen LogP contribution in [-0.4, -0.2) is 14.5 Å². The average molecular weight is 375 g/mol. The molecule has 8 heteroatoms. The van der Waals surface area contributed by atoms with E-state index in [4.69, 9.17) is 0 Å². The van der Waals surface area contributed by atoms with Crippen LogP contribution in [0.15, 0.2) is 48.8 Å². The molecule has 2 aliphatic heterocycles. The van der Waals surface area contributed by atoms with Crippen molar-refractivity contribution in [1.82, 2.24) is 14.5 Å². The minimum Gasteiger partial charge on any atom is -0.347 e. The molecule has 0 aliphatic carbocycles. The molecule has 0 spiro atoms. The Morgan fingerprint density at radius 2 is 1.52 bits per heavy atom. The van der Waals surface area contributed by atoms with Crippen molar-refractivity contribution in [2.75, 3.05) is 0 Å². The third kappa shape index (κ3) is 3.14. The monoisotopic (exact) mass is 375 g/mol. The molecule has 2 aromatic rings. The van der Waals surface area contributed by atoms with Gasteiger partial charge in [0.05, 0.1) is 11.3 Å². The summed E-state index contributed by atoms with van der Waals surface area (Å²) in [4.78, 5) is 8.08. The van der Waals surface area contributed by atoms with E-state index in [1.807, 2.05) is 0 Å². The first kappa shape index (κ1) is 17.1. The molecule has 0 saturated heterocycles. The lowest BCUT2D eigenvalue weighted by Gasteiger charge is -2.09. The van der Waals surface area contributed by atoms with Crippen LogP contribution in [0.4, 0.5) is 22.0 Å². The van der Waals surface area contributed by atoms with Crippen LogP contribution in [0.5, 0.6) is 0 Å². The summed E-state index contributed by atoms with van der Waals surface area (Å²) in [5.74, 6) is -5.22. The molecule has 0 unspecified atom stereocenters. The standard InChI is InChI=1S/C19H10F5N3/c20-11-2-1-10(14(23)7-11)8-27-6-5-15-16(9-27)26-19(25-15)17-12(21)3-4-13(22)18(17)24/h1-7,9H,8H2. The van der Waals surface area contributed by atoms with Gasteiger partial charge in [0.15, 0.2) is 17.5 Å². The molecule has 0 radical (unpaired) electrons. The lowest BCUT2D eigenvalue weighted by molar-refractivity contribution is 0.498. The summed E-state index contributed by atoms with van der Waals surface area (Å²) in [6.45, 7) is 0.0902. The van der Waals surface area contributed by atoms with Gasteiger partial charge in [-0.15, -0.1) is 0 Å². The van der Waals surface area contributed by atoms with Gasteiger partial charge in [-0.1, -0.05) is 6.07 Å². The fraction of sp³-hybridized carbons (Fsp3) is 0.0526. The van der Waals surface area contributed by atoms with Crippen LogP contribution in [-0.2, 0) is 6.54 Å². The Bertz CT molecular complexity index is 1120. The van der Waals surface area contributed by atoms with E-state index in [9.17, 15) is 22.0 Å². The van der Waals surface area contributed by atoms with Crippen LogP contribution >= 0.6 is 0 Å². The molecule has 2 aliphatic rings. The second-order valence-electron chi connectivity index (χ2n) is 5.89. The molecule has 0 fully saturated rings. The molecule has 0 bridgehead atoms. The van der Waals surface area contributed by atoms with Gasteiger partial charge in [0, 0.05) is 30.6 Å². The summed E-state index contributed by atoms with van der Waals surface area (Å²) < 4.78 is 69.6. The van der Waals surface area contributed by atoms with E-state index >= 15 is 0 Å². The first-order valence-electron chi connectivity index (χ1n) is 7.83.